The average molecular weight is 551 g/mol. The highest BCUT2D eigenvalue weighted by molar-refractivity contribution is 6.11. The molecule has 0 saturated heterocycles. The Bertz CT molecular complexity index is 1670. The molecule has 1 amide bonds. The van der Waals surface area contributed by atoms with Gasteiger partial charge in [-0.05, 0) is 40.6 Å². The van der Waals surface area contributed by atoms with Crippen LogP contribution in [0.1, 0.15) is 56.1 Å². The van der Waals surface area contributed by atoms with Crippen LogP contribution in [0, 0.1) is 11.3 Å². The van der Waals surface area contributed by atoms with E-state index in [1.54, 1.807) is 24.5 Å². The summed E-state index contributed by atoms with van der Waals surface area (Å²) >= 11 is 0. The van der Waals surface area contributed by atoms with Gasteiger partial charge in [0.2, 0.25) is 0 Å². The van der Waals surface area contributed by atoms with Crippen molar-refractivity contribution in [3.05, 3.63) is 95.9 Å². The number of amides is 1. The lowest BCUT2D eigenvalue weighted by Gasteiger charge is -2.19. The van der Waals surface area contributed by atoms with Crippen LogP contribution in [0.4, 0.5) is 17.2 Å². The quantitative estimate of drug-likeness (QED) is 0.161. The van der Waals surface area contributed by atoms with Gasteiger partial charge in [0.05, 0.1) is 17.4 Å². The van der Waals surface area contributed by atoms with Gasteiger partial charge in [0.1, 0.15) is 17.5 Å². The van der Waals surface area contributed by atoms with Gasteiger partial charge in [-0.15, -0.1) is 0 Å². The minimum Gasteiger partial charge on any atom is -0.505 e. The average Bonchev–Trinajstić information content (AvgIpc) is 3.36. The molecule has 0 aliphatic rings. The normalized spacial score (nSPS) is 10.4. The topological polar surface area (TPSA) is 169 Å². The zero-order valence-electron chi connectivity index (χ0n) is 23.8. The number of nitrogen functional groups attached to an aromatic ring is 2. The summed E-state index contributed by atoms with van der Waals surface area (Å²) in [7, 11) is 0. The van der Waals surface area contributed by atoms with Crippen molar-refractivity contribution in [1.82, 2.24) is 19.7 Å². The fraction of sp³-hybridized carbons (Fsp3) is 0.194. The van der Waals surface area contributed by atoms with E-state index in [2.05, 4.69) is 41.2 Å². The van der Waals surface area contributed by atoms with E-state index < -0.39 is 5.91 Å². The van der Waals surface area contributed by atoms with Crippen LogP contribution in [-0.4, -0.2) is 30.8 Å². The van der Waals surface area contributed by atoms with E-state index in [0.29, 0.717) is 17.2 Å². The van der Waals surface area contributed by atoms with E-state index in [1.165, 1.54) is 16.4 Å². The molecule has 41 heavy (non-hydrogen) atoms. The van der Waals surface area contributed by atoms with Crippen LogP contribution < -0.4 is 16.8 Å². The zero-order valence-corrected chi connectivity index (χ0v) is 23.8. The largest absolute Gasteiger partial charge is 0.505 e. The van der Waals surface area contributed by atoms with Gasteiger partial charge in [-0.3, -0.25) is 4.79 Å². The summed E-state index contributed by atoms with van der Waals surface area (Å²) in [5.41, 5.74) is 14.2. The Balaban J connectivity index is 0.000000244. The molecule has 10 nitrogen and oxygen atoms in total. The highest BCUT2D eigenvalue weighted by Crippen LogP contribution is 2.34. The number of anilines is 3. The molecular formula is C31H34N8O2. The number of nitriles is 1. The van der Waals surface area contributed by atoms with Crippen LogP contribution in [0.15, 0.2) is 79.3 Å². The maximum Gasteiger partial charge on any atom is 0.259 e. The van der Waals surface area contributed by atoms with Gasteiger partial charge in [-0.2, -0.15) is 15.0 Å². The summed E-state index contributed by atoms with van der Waals surface area (Å²) < 4.78 is 1.32. The predicted octanol–water partition coefficient (Wildman–Crippen LogP) is 5.82. The maximum absolute atomic E-state index is 12.6. The molecule has 2 heterocycles. The van der Waals surface area contributed by atoms with Crippen molar-refractivity contribution in [2.24, 2.45) is 0 Å². The molecular weight excluding hydrogens is 516 g/mol. The first-order valence-corrected chi connectivity index (χ1v) is 13.0. The second-order valence-corrected chi connectivity index (χ2v) is 9.70. The number of phenolic OH excluding ortho intramolecular Hbond substituents is 1. The second-order valence-electron chi connectivity index (χ2n) is 9.70. The third kappa shape index (κ3) is 6.96. The van der Waals surface area contributed by atoms with Crippen molar-refractivity contribution in [2.45, 2.75) is 40.0 Å². The molecule has 0 spiro atoms. The lowest BCUT2D eigenvalue weighted by atomic mass is 9.87. The molecule has 5 rings (SSSR count). The molecule has 0 aliphatic carbocycles. The first-order chi connectivity index (χ1) is 19.6. The third-order valence-electron chi connectivity index (χ3n) is 5.98. The molecule has 0 fully saturated rings. The van der Waals surface area contributed by atoms with Crippen LogP contribution in [0.2, 0.25) is 0 Å². The molecule has 6 N–H and O–H groups in total. The van der Waals surface area contributed by atoms with Crippen LogP contribution >= 0.6 is 0 Å². The Labute approximate surface area is 239 Å². The molecule has 210 valence electrons. The van der Waals surface area contributed by atoms with Gasteiger partial charge >= 0.3 is 0 Å². The van der Waals surface area contributed by atoms with Crippen molar-refractivity contribution in [3.8, 4) is 17.8 Å². The van der Waals surface area contributed by atoms with Crippen LogP contribution in [0.25, 0.3) is 16.7 Å². The van der Waals surface area contributed by atoms with Gasteiger partial charge in [0.25, 0.3) is 11.9 Å². The molecule has 0 atom stereocenters. The molecule has 3 aromatic carbocycles. The predicted molar refractivity (Wildman–Crippen MR) is 163 cm³/mol. The van der Waals surface area contributed by atoms with Gasteiger partial charge in [-0.25, -0.2) is 9.97 Å². The van der Waals surface area contributed by atoms with Crippen molar-refractivity contribution in [1.29, 1.82) is 5.26 Å². The Morgan fingerprint density at radius 2 is 1.63 bits per heavy atom. The molecule has 2 aromatic heterocycles. The number of hydrogen-bond acceptors (Lipinski definition) is 8. The van der Waals surface area contributed by atoms with Crippen molar-refractivity contribution < 1.29 is 9.90 Å². The molecule has 5 aromatic rings. The summed E-state index contributed by atoms with van der Waals surface area (Å²) in [6, 6.07) is 20.4. The van der Waals surface area contributed by atoms with Gasteiger partial charge in [0.15, 0.2) is 5.75 Å². The van der Waals surface area contributed by atoms with Gasteiger partial charge < -0.3 is 21.9 Å². The molecule has 0 bridgehead atoms. The smallest absolute Gasteiger partial charge is 0.259 e. The zero-order chi connectivity index (χ0) is 30.2. The Morgan fingerprint density at radius 1 is 1.00 bits per heavy atom. The van der Waals surface area contributed by atoms with Crippen LogP contribution in [0.5, 0.6) is 5.75 Å². The summed E-state index contributed by atoms with van der Waals surface area (Å²) in [5.74, 6) is 0.0196. The summed E-state index contributed by atoms with van der Waals surface area (Å²) in [6.45, 7) is 10.4. The summed E-state index contributed by atoms with van der Waals surface area (Å²) in [5, 5.41) is 27.2. The maximum atomic E-state index is 12.6. The van der Waals surface area contributed by atoms with Crippen LogP contribution in [-0.2, 0) is 5.41 Å². The Hall–Kier alpha value is -5.43. The minimum atomic E-state index is -0.390. The summed E-state index contributed by atoms with van der Waals surface area (Å²) in [6.07, 6.45) is 4.54. The van der Waals surface area contributed by atoms with E-state index >= 15 is 0 Å². The number of aromatic nitrogens is 4. The molecule has 0 radical (unpaired) electrons. The number of aromatic hydroxyl groups is 1. The number of rotatable bonds is 3. The molecule has 0 saturated carbocycles. The lowest BCUT2D eigenvalue weighted by Crippen LogP contribution is -2.14. The van der Waals surface area contributed by atoms with E-state index in [0.717, 1.165) is 10.8 Å². The number of carbonyl (C=O) groups excluding carboxylic acids is 1. The second kappa shape index (κ2) is 13.1. The van der Waals surface area contributed by atoms with Crippen LogP contribution in [0.3, 0.4) is 0 Å². The highest BCUT2D eigenvalue weighted by atomic mass is 16.3. The number of benzene rings is 3. The first kappa shape index (κ1) is 30.1. The number of carbonyl (C=O) groups is 1. The molecule has 0 unspecified atom stereocenters. The third-order valence-corrected chi connectivity index (χ3v) is 5.98. The number of phenols is 1. The van der Waals surface area contributed by atoms with E-state index in [9.17, 15) is 9.90 Å². The van der Waals surface area contributed by atoms with Gasteiger partial charge in [0, 0.05) is 23.5 Å². The number of nitrogens with two attached hydrogens (primary N) is 2. The monoisotopic (exact) mass is 550 g/mol. The van der Waals surface area contributed by atoms with E-state index in [4.69, 9.17) is 16.7 Å². The SMILES string of the molecule is CC.CC(C)(C)c1ccc(NC(=O)c2cc3ccccc3c(N)c2O)cc1.N#Cc1cnn(-c2ncccn2)c1N. The van der Waals surface area contributed by atoms with Gasteiger partial charge in [-0.1, -0.05) is 71.0 Å². The Morgan fingerprint density at radius 3 is 2.22 bits per heavy atom. The molecule has 10 heteroatoms. The van der Waals surface area contributed by atoms with E-state index in [-0.39, 0.29) is 28.2 Å². The number of nitrogens with one attached hydrogen (secondary N) is 1. The Kier molecular flexibility index (Phi) is 9.61. The fourth-order valence-corrected chi connectivity index (χ4v) is 3.79. The summed E-state index contributed by atoms with van der Waals surface area (Å²) in [4.78, 5) is 20.5. The molecule has 0 aliphatic heterocycles. The standard InChI is InChI=1S/C21H22N2O2.C8H6N6.C2H6/c1-21(2,3)14-8-10-15(11-9-14)23-20(25)17-12-13-6-4-5-7-16(13)18(22)19(17)24;9-4-6-5-13-14(7(6)10)8-11-2-1-3-12-8;1-2/h4-12,24H,22H2,1-3H3,(H,23,25);1-3,5H,10H2;1-2H3. The van der Waals surface area contributed by atoms with E-state index in [1.807, 2.05) is 68.4 Å². The number of hydrogen-bond donors (Lipinski definition) is 4. The van der Waals surface area contributed by atoms with Crippen molar-refractivity contribution in [3.63, 3.8) is 0 Å². The number of nitrogens with zero attached hydrogens (tertiary/aromatic N) is 5. The highest BCUT2D eigenvalue weighted by Gasteiger charge is 2.18. The number of fused-ring (bicyclic) bond motifs is 1. The lowest BCUT2D eigenvalue weighted by molar-refractivity contribution is 0.102. The first-order valence-electron chi connectivity index (χ1n) is 13.0. The minimum absolute atomic E-state index is 0.0492. The van der Waals surface area contributed by atoms with Crippen molar-refractivity contribution in [2.75, 3.05) is 16.8 Å². The van der Waals surface area contributed by atoms with Crippen molar-refractivity contribution >= 4 is 33.9 Å². The fourth-order valence-electron chi connectivity index (χ4n) is 3.79.